The van der Waals surface area contributed by atoms with Gasteiger partial charge in [0.05, 0.1) is 10.6 Å². The van der Waals surface area contributed by atoms with Gasteiger partial charge in [0.15, 0.2) is 5.76 Å². The maximum atomic E-state index is 5.42. The van der Waals surface area contributed by atoms with Crippen LogP contribution in [0.15, 0.2) is 28.1 Å². The van der Waals surface area contributed by atoms with Crippen molar-refractivity contribution in [1.82, 2.24) is 15.4 Å². The van der Waals surface area contributed by atoms with Gasteiger partial charge in [0.2, 0.25) is 0 Å². The summed E-state index contributed by atoms with van der Waals surface area (Å²) < 4.78 is 5.42. The Morgan fingerprint density at radius 2 is 2.50 bits per heavy atom. The number of thiophene rings is 1. The Morgan fingerprint density at radius 3 is 3.25 bits per heavy atom. The van der Waals surface area contributed by atoms with Gasteiger partial charge in [-0.15, -0.1) is 11.3 Å². The van der Waals surface area contributed by atoms with E-state index in [-0.39, 0.29) is 0 Å². The molecule has 3 heterocycles. The summed E-state index contributed by atoms with van der Waals surface area (Å²) in [4.78, 5) is 3.48. The molecule has 0 aliphatic carbocycles. The summed E-state index contributed by atoms with van der Waals surface area (Å²) in [6, 6.07) is 6.15. The minimum atomic E-state index is 0.761. The minimum absolute atomic E-state index is 0.761. The third-order valence-electron chi connectivity index (χ3n) is 3.72. The molecule has 1 atom stereocenters. The smallest absolute Gasteiger partial charge is 0.177 e. The predicted molar refractivity (Wildman–Crippen MR) is 81.7 cm³/mol. The zero-order valence-corrected chi connectivity index (χ0v) is 12.7. The van der Waals surface area contributed by atoms with Crippen LogP contribution in [0.1, 0.15) is 18.5 Å². The van der Waals surface area contributed by atoms with Crippen molar-refractivity contribution in [3.05, 3.63) is 29.3 Å². The second-order valence-corrected chi connectivity index (χ2v) is 6.52. The van der Waals surface area contributed by atoms with Crippen LogP contribution in [0, 0.1) is 5.92 Å². The predicted octanol–water partition coefficient (Wildman–Crippen LogP) is 2.83. The molecule has 3 rings (SSSR count). The summed E-state index contributed by atoms with van der Waals surface area (Å²) in [6.07, 6.45) is 2.63. The largest absolute Gasteiger partial charge is 0.355 e. The first-order valence-corrected chi connectivity index (χ1v) is 8.08. The van der Waals surface area contributed by atoms with Crippen molar-refractivity contribution in [2.45, 2.75) is 19.4 Å². The summed E-state index contributed by atoms with van der Waals surface area (Å²) in [5, 5.41) is 9.70. The first-order valence-electron chi connectivity index (χ1n) is 7.20. The van der Waals surface area contributed by atoms with Gasteiger partial charge >= 0.3 is 0 Å². The van der Waals surface area contributed by atoms with Crippen LogP contribution in [-0.2, 0) is 6.54 Å². The van der Waals surface area contributed by atoms with E-state index in [9.17, 15) is 0 Å². The Labute approximate surface area is 123 Å². The second kappa shape index (κ2) is 6.52. The zero-order valence-electron chi connectivity index (χ0n) is 11.8. The van der Waals surface area contributed by atoms with E-state index in [4.69, 9.17) is 4.52 Å². The van der Waals surface area contributed by atoms with Crippen LogP contribution in [0.25, 0.3) is 10.6 Å². The van der Waals surface area contributed by atoms with E-state index in [0.717, 1.165) is 41.9 Å². The molecule has 0 bridgehead atoms. The number of nitrogens with zero attached hydrogens (tertiary/aromatic N) is 2. The molecule has 2 aromatic heterocycles. The highest BCUT2D eigenvalue weighted by molar-refractivity contribution is 7.13. The van der Waals surface area contributed by atoms with Crippen molar-refractivity contribution in [3.8, 4) is 10.6 Å². The first kappa shape index (κ1) is 13.8. The van der Waals surface area contributed by atoms with Crippen LogP contribution in [0.5, 0.6) is 0 Å². The SMILES string of the molecule is CN(Cc1cc(-c2cccs2)on1)CC1CCCNC1. The number of rotatable bonds is 5. The molecule has 20 heavy (non-hydrogen) atoms. The fourth-order valence-corrected chi connectivity index (χ4v) is 3.46. The molecule has 0 saturated carbocycles. The summed E-state index contributed by atoms with van der Waals surface area (Å²) in [5.41, 5.74) is 1.01. The topological polar surface area (TPSA) is 41.3 Å². The number of nitrogens with one attached hydrogen (secondary N) is 1. The Hall–Kier alpha value is -1.17. The third kappa shape index (κ3) is 3.48. The molecule has 1 N–H and O–H groups in total. The van der Waals surface area contributed by atoms with Crippen LogP contribution in [0.4, 0.5) is 0 Å². The van der Waals surface area contributed by atoms with Gasteiger partial charge in [-0.3, -0.25) is 0 Å². The van der Waals surface area contributed by atoms with E-state index >= 15 is 0 Å². The van der Waals surface area contributed by atoms with Crippen LogP contribution in [0.3, 0.4) is 0 Å². The number of hydrogen-bond donors (Lipinski definition) is 1. The number of piperidine rings is 1. The van der Waals surface area contributed by atoms with E-state index in [1.165, 1.54) is 19.4 Å². The lowest BCUT2D eigenvalue weighted by atomic mass is 9.99. The molecule has 0 aromatic carbocycles. The van der Waals surface area contributed by atoms with Gasteiger partial charge in [0.25, 0.3) is 0 Å². The van der Waals surface area contributed by atoms with Crippen molar-refractivity contribution < 1.29 is 4.52 Å². The van der Waals surface area contributed by atoms with E-state index in [1.807, 2.05) is 6.07 Å². The molecule has 1 unspecified atom stereocenters. The van der Waals surface area contributed by atoms with Crippen molar-refractivity contribution >= 4 is 11.3 Å². The standard InChI is InChI=1S/C15H21N3OS/c1-18(10-12-4-2-6-16-9-12)11-13-8-14(19-17-13)15-5-3-7-20-15/h3,5,7-8,12,16H,2,4,6,9-11H2,1H3. The normalized spacial score (nSPS) is 19.6. The molecule has 4 nitrogen and oxygen atoms in total. The maximum absolute atomic E-state index is 5.42. The number of aromatic nitrogens is 1. The second-order valence-electron chi connectivity index (χ2n) is 5.57. The molecule has 108 valence electrons. The average molecular weight is 291 g/mol. The Kier molecular flexibility index (Phi) is 4.50. The summed E-state index contributed by atoms with van der Waals surface area (Å²) in [6.45, 7) is 4.29. The number of hydrogen-bond acceptors (Lipinski definition) is 5. The highest BCUT2D eigenvalue weighted by Crippen LogP contribution is 2.25. The Balaban J connectivity index is 1.54. The molecule has 0 amide bonds. The molecule has 0 radical (unpaired) electrons. The third-order valence-corrected chi connectivity index (χ3v) is 4.61. The summed E-state index contributed by atoms with van der Waals surface area (Å²) in [7, 11) is 2.16. The molecule has 1 saturated heterocycles. The van der Waals surface area contributed by atoms with Gasteiger partial charge in [-0.2, -0.15) is 0 Å². The molecular formula is C15H21N3OS. The van der Waals surface area contributed by atoms with Gasteiger partial charge in [0.1, 0.15) is 0 Å². The molecule has 0 spiro atoms. The minimum Gasteiger partial charge on any atom is -0.355 e. The van der Waals surface area contributed by atoms with Crippen LogP contribution in [0.2, 0.25) is 0 Å². The van der Waals surface area contributed by atoms with Gasteiger partial charge < -0.3 is 14.7 Å². The monoisotopic (exact) mass is 291 g/mol. The van der Waals surface area contributed by atoms with Crippen molar-refractivity contribution in [1.29, 1.82) is 0 Å². The van der Waals surface area contributed by atoms with E-state index in [1.54, 1.807) is 11.3 Å². The lowest BCUT2D eigenvalue weighted by Crippen LogP contribution is -2.36. The van der Waals surface area contributed by atoms with Gasteiger partial charge in [-0.1, -0.05) is 11.2 Å². The lowest BCUT2D eigenvalue weighted by Gasteiger charge is -2.27. The quantitative estimate of drug-likeness (QED) is 0.920. The molecule has 2 aromatic rings. The maximum Gasteiger partial charge on any atom is 0.177 e. The van der Waals surface area contributed by atoms with Crippen LogP contribution in [-0.4, -0.2) is 36.7 Å². The highest BCUT2D eigenvalue weighted by atomic mass is 32.1. The summed E-state index contributed by atoms with van der Waals surface area (Å²) in [5.74, 6) is 1.64. The fourth-order valence-electron chi connectivity index (χ4n) is 2.78. The molecule has 5 heteroatoms. The van der Waals surface area contributed by atoms with Crippen molar-refractivity contribution in [2.24, 2.45) is 5.92 Å². The Morgan fingerprint density at radius 1 is 1.55 bits per heavy atom. The molecule has 1 aliphatic heterocycles. The van der Waals surface area contributed by atoms with E-state index in [0.29, 0.717) is 0 Å². The van der Waals surface area contributed by atoms with Crippen molar-refractivity contribution in [3.63, 3.8) is 0 Å². The van der Waals surface area contributed by atoms with Crippen LogP contribution < -0.4 is 5.32 Å². The average Bonchev–Trinajstić information content (AvgIpc) is 3.10. The Bertz CT molecular complexity index is 517. The molecule has 1 aliphatic rings. The highest BCUT2D eigenvalue weighted by Gasteiger charge is 2.16. The van der Waals surface area contributed by atoms with Gasteiger partial charge in [-0.25, -0.2) is 0 Å². The molecule has 1 fully saturated rings. The first-order chi connectivity index (χ1) is 9.81. The van der Waals surface area contributed by atoms with Gasteiger partial charge in [-0.05, 0) is 50.3 Å². The van der Waals surface area contributed by atoms with Gasteiger partial charge in [0, 0.05) is 19.2 Å². The zero-order chi connectivity index (χ0) is 13.8. The molecular weight excluding hydrogens is 270 g/mol. The van der Waals surface area contributed by atoms with Crippen LogP contribution >= 0.6 is 11.3 Å². The van der Waals surface area contributed by atoms with E-state index < -0.39 is 0 Å². The van der Waals surface area contributed by atoms with E-state index in [2.05, 4.69) is 39.9 Å². The van der Waals surface area contributed by atoms with Crippen molar-refractivity contribution in [2.75, 3.05) is 26.7 Å². The summed E-state index contributed by atoms with van der Waals surface area (Å²) >= 11 is 1.68. The lowest BCUT2D eigenvalue weighted by molar-refractivity contribution is 0.232. The fraction of sp³-hybridized carbons (Fsp3) is 0.533.